The zero-order valence-corrected chi connectivity index (χ0v) is 12.3. The van der Waals surface area contributed by atoms with Crippen LogP contribution in [0.15, 0.2) is 29.0 Å². The first kappa shape index (κ1) is 15.2. The molecule has 0 aliphatic heterocycles. The molecule has 2 N–H and O–H groups in total. The molecule has 0 unspecified atom stereocenters. The van der Waals surface area contributed by atoms with Crippen molar-refractivity contribution in [3.05, 3.63) is 47.1 Å². The Kier molecular flexibility index (Phi) is 5.45. The maximum atomic E-state index is 11.7. The lowest BCUT2D eigenvalue weighted by Crippen LogP contribution is -2.27. The van der Waals surface area contributed by atoms with Gasteiger partial charge in [-0.05, 0) is 25.5 Å². The lowest BCUT2D eigenvalue weighted by Gasteiger charge is -2.06. The molecule has 0 radical (unpaired) electrons. The van der Waals surface area contributed by atoms with Crippen molar-refractivity contribution in [2.45, 2.75) is 33.4 Å². The average Bonchev–Trinajstić information content (AvgIpc) is 2.82. The quantitative estimate of drug-likeness (QED) is 0.754. The van der Waals surface area contributed by atoms with Crippen molar-refractivity contribution in [2.24, 2.45) is 0 Å². The molecular weight excluding hydrogens is 268 g/mol. The Labute approximate surface area is 123 Å². The molecule has 0 aromatic carbocycles. The number of aryl methyl sites for hydroxylation is 2. The smallest absolute Gasteiger partial charge is 0.221 e. The summed E-state index contributed by atoms with van der Waals surface area (Å²) in [5.74, 6) is 0.839. The SMILES string of the molecule is Cc1noc(C)c1CNCCC(=O)NCc1cccnc1. The van der Waals surface area contributed by atoms with Crippen molar-refractivity contribution in [1.29, 1.82) is 0 Å². The molecule has 0 aliphatic carbocycles. The minimum atomic E-state index is 0.0186. The van der Waals surface area contributed by atoms with Crippen LogP contribution in [0.3, 0.4) is 0 Å². The molecule has 6 heteroatoms. The molecule has 0 fully saturated rings. The summed E-state index contributed by atoms with van der Waals surface area (Å²) in [6.45, 7) is 5.59. The van der Waals surface area contributed by atoms with Gasteiger partial charge in [-0.15, -0.1) is 0 Å². The van der Waals surface area contributed by atoms with Crippen LogP contribution in [0.4, 0.5) is 0 Å². The Morgan fingerprint density at radius 2 is 2.19 bits per heavy atom. The van der Waals surface area contributed by atoms with Gasteiger partial charge in [0.05, 0.1) is 5.69 Å². The topological polar surface area (TPSA) is 80.0 Å². The maximum absolute atomic E-state index is 11.7. The Morgan fingerprint density at radius 3 is 2.86 bits per heavy atom. The van der Waals surface area contributed by atoms with Crippen molar-refractivity contribution in [3.63, 3.8) is 0 Å². The summed E-state index contributed by atoms with van der Waals surface area (Å²) in [5, 5.41) is 9.98. The van der Waals surface area contributed by atoms with Gasteiger partial charge in [0, 0.05) is 44.0 Å². The molecule has 2 rings (SSSR count). The number of nitrogens with zero attached hydrogens (tertiary/aromatic N) is 2. The van der Waals surface area contributed by atoms with Crippen LogP contribution < -0.4 is 10.6 Å². The summed E-state index contributed by atoms with van der Waals surface area (Å²) < 4.78 is 5.09. The van der Waals surface area contributed by atoms with E-state index in [9.17, 15) is 4.79 Å². The van der Waals surface area contributed by atoms with E-state index in [-0.39, 0.29) is 5.91 Å². The fourth-order valence-electron chi connectivity index (χ4n) is 1.96. The molecule has 0 aliphatic rings. The average molecular weight is 288 g/mol. The van der Waals surface area contributed by atoms with Crippen LogP contribution in [0, 0.1) is 13.8 Å². The molecule has 0 spiro atoms. The molecular formula is C15H20N4O2. The molecule has 21 heavy (non-hydrogen) atoms. The number of nitrogens with one attached hydrogen (secondary N) is 2. The van der Waals surface area contributed by atoms with E-state index in [0.717, 1.165) is 22.6 Å². The van der Waals surface area contributed by atoms with Crippen LogP contribution in [-0.4, -0.2) is 22.6 Å². The Bertz CT molecular complexity index is 561. The highest BCUT2D eigenvalue weighted by atomic mass is 16.5. The second kappa shape index (κ2) is 7.54. The van der Waals surface area contributed by atoms with Crippen LogP contribution in [0.1, 0.15) is 29.0 Å². The number of carbonyl (C=O) groups is 1. The predicted molar refractivity (Wildman–Crippen MR) is 78.4 cm³/mol. The monoisotopic (exact) mass is 288 g/mol. The van der Waals surface area contributed by atoms with Crippen LogP contribution >= 0.6 is 0 Å². The van der Waals surface area contributed by atoms with Crippen LogP contribution in [0.25, 0.3) is 0 Å². The first-order valence-electron chi connectivity index (χ1n) is 6.95. The van der Waals surface area contributed by atoms with Crippen molar-refractivity contribution in [3.8, 4) is 0 Å². The lowest BCUT2D eigenvalue weighted by atomic mass is 10.2. The fraction of sp³-hybridized carbons (Fsp3) is 0.400. The van der Waals surface area contributed by atoms with E-state index >= 15 is 0 Å². The number of carbonyl (C=O) groups excluding carboxylic acids is 1. The highest BCUT2D eigenvalue weighted by Gasteiger charge is 2.08. The van der Waals surface area contributed by atoms with Crippen molar-refractivity contribution in [2.75, 3.05) is 6.54 Å². The van der Waals surface area contributed by atoms with E-state index in [1.54, 1.807) is 12.4 Å². The molecule has 0 saturated carbocycles. The molecule has 0 atom stereocenters. The second-order valence-corrected chi connectivity index (χ2v) is 4.87. The van der Waals surface area contributed by atoms with Gasteiger partial charge in [-0.3, -0.25) is 9.78 Å². The van der Waals surface area contributed by atoms with E-state index in [0.29, 0.717) is 26.1 Å². The molecule has 112 valence electrons. The second-order valence-electron chi connectivity index (χ2n) is 4.87. The maximum Gasteiger partial charge on any atom is 0.221 e. The molecule has 6 nitrogen and oxygen atoms in total. The number of rotatable bonds is 7. The van der Waals surface area contributed by atoms with Crippen molar-refractivity contribution in [1.82, 2.24) is 20.8 Å². The number of amides is 1. The van der Waals surface area contributed by atoms with Gasteiger partial charge in [0.15, 0.2) is 0 Å². The van der Waals surface area contributed by atoms with Crippen LogP contribution in [-0.2, 0) is 17.9 Å². The van der Waals surface area contributed by atoms with Gasteiger partial charge >= 0.3 is 0 Å². The molecule has 2 aromatic rings. The van der Waals surface area contributed by atoms with Gasteiger partial charge in [-0.2, -0.15) is 0 Å². The third-order valence-corrected chi connectivity index (χ3v) is 3.22. The van der Waals surface area contributed by atoms with E-state index in [2.05, 4.69) is 20.8 Å². The summed E-state index contributed by atoms with van der Waals surface area (Å²) in [5.41, 5.74) is 2.95. The zero-order valence-electron chi connectivity index (χ0n) is 12.3. The van der Waals surface area contributed by atoms with Crippen molar-refractivity contribution >= 4 is 5.91 Å². The normalized spacial score (nSPS) is 10.6. The number of aromatic nitrogens is 2. The molecule has 2 aromatic heterocycles. The summed E-state index contributed by atoms with van der Waals surface area (Å²) >= 11 is 0. The fourth-order valence-corrected chi connectivity index (χ4v) is 1.96. The van der Waals surface area contributed by atoms with E-state index in [4.69, 9.17) is 4.52 Å². The number of hydrogen-bond acceptors (Lipinski definition) is 5. The van der Waals surface area contributed by atoms with Gasteiger partial charge in [0.2, 0.25) is 5.91 Å². The van der Waals surface area contributed by atoms with E-state index in [1.807, 2.05) is 26.0 Å². The Hall–Kier alpha value is -2.21. The summed E-state index contributed by atoms with van der Waals surface area (Å²) in [4.78, 5) is 15.7. The summed E-state index contributed by atoms with van der Waals surface area (Å²) in [6.07, 6.45) is 3.89. The van der Waals surface area contributed by atoms with Crippen LogP contribution in [0.2, 0.25) is 0 Å². The van der Waals surface area contributed by atoms with Gasteiger partial charge in [-0.1, -0.05) is 11.2 Å². The summed E-state index contributed by atoms with van der Waals surface area (Å²) in [7, 11) is 0. The third kappa shape index (κ3) is 4.68. The van der Waals surface area contributed by atoms with E-state index in [1.165, 1.54) is 0 Å². The highest BCUT2D eigenvalue weighted by molar-refractivity contribution is 5.76. The Balaban J connectivity index is 1.63. The molecule has 1 amide bonds. The highest BCUT2D eigenvalue weighted by Crippen LogP contribution is 2.11. The number of pyridine rings is 1. The standard InChI is InChI=1S/C15H20N4O2/c1-11-14(12(2)21-19-11)10-17-7-5-15(20)18-9-13-4-3-6-16-8-13/h3-4,6,8,17H,5,7,9-10H2,1-2H3,(H,18,20). The molecule has 0 bridgehead atoms. The minimum Gasteiger partial charge on any atom is -0.361 e. The largest absolute Gasteiger partial charge is 0.361 e. The van der Waals surface area contributed by atoms with Gasteiger partial charge < -0.3 is 15.2 Å². The van der Waals surface area contributed by atoms with Gasteiger partial charge in [-0.25, -0.2) is 0 Å². The summed E-state index contributed by atoms with van der Waals surface area (Å²) in [6, 6.07) is 3.79. The van der Waals surface area contributed by atoms with E-state index < -0.39 is 0 Å². The minimum absolute atomic E-state index is 0.0186. The zero-order chi connectivity index (χ0) is 15.1. The molecule has 0 saturated heterocycles. The van der Waals surface area contributed by atoms with Crippen molar-refractivity contribution < 1.29 is 9.32 Å². The Morgan fingerprint density at radius 1 is 1.33 bits per heavy atom. The van der Waals surface area contributed by atoms with Gasteiger partial charge in [0.25, 0.3) is 0 Å². The van der Waals surface area contributed by atoms with Crippen LogP contribution in [0.5, 0.6) is 0 Å². The first-order valence-corrected chi connectivity index (χ1v) is 6.95. The number of hydrogen-bond donors (Lipinski definition) is 2. The molecule has 2 heterocycles. The predicted octanol–water partition coefficient (Wildman–Crippen LogP) is 1.48. The lowest BCUT2D eigenvalue weighted by molar-refractivity contribution is -0.121. The third-order valence-electron chi connectivity index (χ3n) is 3.22. The first-order chi connectivity index (χ1) is 10.2. The van der Waals surface area contributed by atoms with Gasteiger partial charge in [0.1, 0.15) is 5.76 Å².